The van der Waals surface area contributed by atoms with E-state index in [-0.39, 0.29) is 33.1 Å². The van der Waals surface area contributed by atoms with Crippen molar-refractivity contribution in [3.05, 3.63) is 86.8 Å². The molecule has 29 heavy (non-hydrogen) atoms. The summed E-state index contributed by atoms with van der Waals surface area (Å²) in [4.78, 5) is 25.7. The van der Waals surface area contributed by atoms with Crippen LogP contribution in [-0.2, 0) is 0 Å². The van der Waals surface area contributed by atoms with Crippen LogP contribution < -0.4 is 5.56 Å². The van der Waals surface area contributed by atoms with Gasteiger partial charge in [-0.25, -0.2) is 0 Å². The van der Waals surface area contributed by atoms with Gasteiger partial charge in [-0.3, -0.25) is 14.2 Å². The lowest BCUT2D eigenvalue weighted by Crippen LogP contribution is -2.22. The zero-order valence-corrected chi connectivity index (χ0v) is 16.0. The molecule has 0 saturated carbocycles. The molecule has 0 unspecified atom stereocenters. The molecule has 0 aliphatic rings. The van der Waals surface area contributed by atoms with E-state index in [1.54, 1.807) is 6.07 Å². The zero-order chi connectivity index (χ0) is 21.1. The topological polar surface area (TPSA) is 83.1 Å². The van der Waals surface area contributed by atoms with E-state index in [4.69, 9.17) is 11.6 Å². The number of carbonyl (C=O) groups is 1. The number of thioether (sulfide) groups is 1. The minimum atomic E-state index is -2.58. The maximum Gasteiger partial charge on any atom is 0.288 e. The monoisotopic (exact) mass is 432 g/mol. The number of phenolic OH excluding ortho intramolecular Hbond substituents is 1. The van der Waals surface area contributed by atoms with Gasteiger partial charge in [0.15, 0.2) is 5.78 Å². The van der Waals surface area contributed by atoms with E-state index < -0.39 is 17.1 Å². The normalized spacial score (nSPS) is 10.7. The Balaban J connectivity index is 2.10. The SMILES string of the molecule is N#Cc1cc(C(=O)c2cc(Cl)ccc2O)cn(-c2ccc(SC(F)F)cc2)c1=O. The Morgan fingerprint density at radius 2 is 1.86 bits per heavy atom. The van der Waals surface area contributed by atoms with Crippen LogP contribution in [0.2, 0.25) is 5.02 Å². The smallest absolute Gasteiger partial charge is 0.288 e. The summed E-state index contributed by atoms with van der Waals surface area (Å²) in [5.74, 6) is -3.52. The van der Waals surface area contributed by atoms with Crippen molar-refractivity contribution in [2.45, 2.75) is 10.7 Å². The van der Waals surface area contributed by atoms with Crippen LogP contribution in [0.25, 0.3) is 5.69 Å². The molecule has 3 aromatic rings. The Kier molecular flexibility index (Phi) is 6.01. The van der Waals surface area contributed by atoms with Crippen LogP contribution in [-0.4, -0.2) is 21.2 Å². The zero-order valence-electron chi connectivity index (χ0n) is 14.5. The van der Waals surface area contributed by atoms with Crippen molar-refractivity contribution in [1.82, 2.24) is 4.57 Å². The molecule has 0 amide bonds. The highest BCUT2D eigenvalue weighted by atomic mass is 35.5. The fourth-order valence-corrected chi connectivity index (χ4v) is 3.28. The summed E-state index contributed by atoms with van der Waals surface area (Å²) in [6, 6.07) is 12.5. The standard InChI is InChI=1S/C20H11ClF2N2O3S/c21-13-1-6-17(26)16(8-13)18(27)12-7-11(9-24)19(28)25(10-12)14-2-4-15(5-3-14)29-20(22)23/h1-8,10,20,26H. The van der Waals surface area contributed by atoms with Crippen molar-refractivity contribution < 1.29 is 18.7 Å². The van der Waals surface area contributed by atoms with Gasteiger partial charge in [0, 0.05) is 27.4 Å². The number of rotatable bonds is 5. The molecule has 9 heteroatoms. The molecule has 3 rings (SSSR count). The number of hydrogen-bond donors (Lipinski definition) is 1. The van der Waals surface area contributed by atoms with Crippen molar-refractivity contribution >= 4 is 29.1 Å². The number of aromatic nitrogens is 1. The fourth-order valence-electron chi connectivity index (χ4n) is 2.61. The lowest BCUT2D eigenvalue weighted by Gasteiger charge is -2.11. The molecule has 0 saturated heterocycles. The van der Waals surface area contributed by atoms with Gasteiger partial charge in [-0.05, 0) is 48.5 Å². The predicted molar refractivity (Wildman–Crippen MR) is 105 cm³/mol. The van der Waals surface area contributed by atoms with E-state index in [0.717, 1.165) is 10.6 Å². The molecule has 1 N–H and O–H groups in total. The van der Waals surface area contributed by atoms with E-state index in [2.05, 4.69) is 0 Å². The fraction of sp³-hybridized carbons (Fsp3) is 0.0500. The Hall–Kier alpha value is -3.15. The Morgan fingerprint density at radius 1 is 1.17 bits per heavy atom. The number of nitriles is 1. The molecule has 146 valence electrons. The molecule has 1 heterocycles. The highest BCUT2D eigenvalue weighted by Gasteiger charge is 2.18. The molecule has 0 fully saturated rings. The van der Waals surface area contributed by atoms with Crippen LogP contribution in [0.1, 0.15) is 21.5 Å². The molecule has 0 spiro atoms. The maximum absolute atomic E-state index is 12.8. The summed E-state index contributed by atoms with van der Waals surface area (Å²) in [6.45, 7) is 0. The van der Waals surface area contributed by atoms with Gasteiger partial charge in [-0.1, -0.05) is 23.4 Å². The van der Waals surface area contributed by atoms with Crippen molar-refractivity contribution in [3.8, 4) is 17.5 Å². The van der Waals surface area contributed by atoms with Crippen LogP contribution in [0.4, 0.5) is 8.78 Å². The number of pyridine rings is 1. The molecule has 5 nitrogen and oxygen atoms in total. The average molecular weight is 433 g/mol. The molecule has 0 atom stereocenters. The molecular formula is C20H11ClF2N2O3S. The summed E-state index contributed by atoms with van der Waals surface area (Å²) < 4.78 is 26.0. The second-order valence-corrected chi connectivity index (χ2v) is 7.29. The number of phenols is 1. The maximum atomic E-state index is 12.8. The molecule has 2 aromatic carbocycles. The molecule has 1 aromatic heterocycles. The third-order valence-corrected chi connectivity index (χ3v) is 4.90. The van der Waals surface area contributed by atoms with Crippen molar-refractivity contribution in [2.24, 2.45) is 0 Å². The minimum Gasteiger partial charge on any atom is -0.507 e. The molecule has 0 aliphatic carbocycles. The highest BCUT2D eigenvalue weighted by Crippen LogP contribution is 2.27. The van der Waals surface area contributed by atoms with E-state index in [9.17, 15) is 28.7 Å². The van der Waals surface area contributed by atoms with E-state index in [1.165, 1.54) is 48.7 Å². The van der Waals surface area contributed by atoms with Crippen LogP contribution >= 0.6 is 23.4 Å². The lowest BCUT2D eigenvalue weighted by molar-refractivity contribution is 0.103. The van der Waals surface area contributed by atoms with E-state index >= 15 is 0 Å². The van der Waals surface area contributed by atoms with Crippen LogP contribution in [0, 0.1) is 11.3 Å². The van der Waals surface area contributed by atoms with Crippen molar-refractivity contribution in [1.29, 1.82) is 5.26 Å². The first-order valence-corrected chi connectivity index (χ1v) is 9.31. The van der Waals surface area contributed by atoms with Crippen LogP contribution in [0.15, 0.2) is 64.4 Å². The first kappa shape index (κ1) is 20.6. The largest absolute Gasteiger partial charge is 0.507 e. The second-order valence-electron chi connectivity index (χ2n) is 5.79. The Bertz CT molecular complexity index is 1190. The quantitative estimate of drug-likeness (QED) is 0.470. The summed E-state index contributed by atoms with van der Waals surface area (Å²) in [7, 11) is 0. The second kappa shape index (κ2) is 8.47. The average Bonchev–Trinajstić information content (AvgIpc) is 2.70. The summed E-state index contributed by atoms with van der Waals surface area (Å²) >= 11 is 6.24. The number of alkyl halides is 2. The number of nitrogens with zero attached hydrogens (tertiary/aromatic N) is 2. The number of benzene rings is 2. The van der Waals surface area contributed by atoms with Crippen LogP contribution in [0.3, 0.4) is 0 Å². The van der Waals surface area contributed by atoms with Gasteiger partial charge in [-0.2, -0.15) is 14.0 Å². The number of ketones is 1. The molecule has 0 radical (unpaired) electrons. The van der Waals surface area contributed by atoms with Gasteiger partial charge >= 0.3 is 0 Å². The summed E-state index contributed by atoms with van der Waals surface area (Å²) in [6.07, 6.45) is 1.22. The van der Waals surface area contributed by atoms with Gasteiger partial charge < -0.3 is 5.11 Å². The van der Waals surface area contributed by atoms with Crippen molar-refractivity contribution in [2.75, 3.05) is 0 Å². The first-order chi connectivity index (χ1) is 13.8. The molecule has 0 bridgehead atoms. The lowest BCUT2D eigenvalue weighted by atomic mass is 10.0. The number of aromatic hydroxyl groups is 1. The van der Waals surface area contributed by atoms with Gasteiger partial charge in [0.05, 0.1) is 5.56 Å². The Morgan fingerprint density at radius 3 is 2.48 bits per heavy atom. The van der Waals surface area contributed by atoms with Gasteiger partial charge in [0.25, 0.3) is 11.3 Å². The van der Waals surface area contributed by atoms with E-state index in [0.29, 0.717) is 16.7 Å². The van der Waals surface area contributed by atoms with Gasteiger partial charge in [0.1, 0.15) is 17.4 Å². The number of hydrogen-bond acceptors (Lipinski definition) is 5. The third-order valence-electron chi connectivity index (χ3n) is 3.94. The number of carbonyl (C=O) groups excluding carboxylic acids is 1. The Labute approximate surface area is 172 Å². The predicted octanol–water partition coefficient (Wildman–Crippen LogP) is 4.61. The van der Waals surface area contributed by atoms with Gasteiger partial charge in [-0.15, -0.1) is 0 Å². The summed E-state index contributed by atoms with van der Waals surface area (Å²) in [5.41, 5.74) is -0.785. The molecular weight excluding hydrogens is 422 g/mol. The molecule has 0 aliphatic heterocycles. The summed E-state index contributed by atoms with van der Waals surface area (Å²) in [5, 5.41) is 19.5. The third kappa shape index (κ3) is 4.47. The van der Waals surface area contributed by atoms with E-state index in [1.807, 2.05) is 0 Å². The first-order valence-electron chi connectivity index (χ1n) is 8.05. The van der Waals surface area contributed by atoms with Crippen molar-refractivity contribution in [3.63, 3.8) is 0 Å². The minimum absolute atomic E-state index is 0.0234. The number of halogens is 3. The van der Waals surface area contributed by atoms with Gasteiger partial charge in [0.2, 0.25) is 0 Å². The highest BCUT2D eigenvalue weighted by molar-refractivity contribution is 7.99. The van der Waals surface area contributed by atoms with Crippen LogP contribution in [0.5, 0.6) is 5.75 Å².